The molecular weight excluding hydrogens is 268 g/mol. The van der Waals surface area contributed by atoms with Crippen LogP contribution in [0.2, 0.25) is 0 Å². The van der Waals surface area contributed by atoms with Gasteiger partial charge in [0, 0.05) is 0 Å². The molecule has 20 heavy (non-hydrogen) atoms. The molecule has 1 aliphatic rings. The van der Waals surface area contributed by atoms with Crippen LogP contribution < -0.4 is 0 Å². The fourth-order valence-corrected chi connectivity index (χ4v) is 1.88. The van der Waals surface area contributed by atoms with E-state index in [0.29, 0.717) is 5.56 Å². The lowest BCUT2D eigenvalue weighted by Gasteiger charge is -2.37. The van der Waals surface area contributed by atoms with E-state index in [0.717, 1.165) is 0 Å². The smallest absolute Gasteiger partial charge is 0.338 e. The third-order valence-corrected chi connectivity index (χ3v) is 3.08. The van der Waals surface area contributed by atoms with Crippen LogP contribution in [-0.4, -0.2) is 63.7 Å². The molecule has 1 saturated heterocycles. The minimum absolute atomic E-state index is 0.332. The highest BCUT2D eigenvalue weighted by molar-refractivity contribution is 5.89. The molecule has 5 atom stereocenters. The van der Waals surface area contributed by atoms with E-state index in [9.17, 15) is 25.2 Å². The first-order chi connectivity index (χ1) is 9.50. The SMILES string of the molecule is O=C(OC[C@H]1O[C@@H](O)[C@H](O)[C@@H](O)[C@H]1O)c1ccccc1. The summed E-state index contributed by atoms with van der Waals surface area (Å²) in [5, 5.41) is 37.8. The Balaban J connectivity index is 1.92. The van der Waals surface area contributed by atoms with E-state index in [2.05, 4.69) is 0 Å². The van der Waals surface area contributed by atoms with Gasteiger partial charge >= 0.3 is 5.97 Å². The summed E-state index contributed by atoms with van der Waals surface area (Å²) >= 11 is 0. The monoisotopic (exact) mass is 284 g/mol. The van der Waals surface area contributed by atoms with Gasteiger partial charge in [-0.2, -0.15) is 0 Å². The number of carbonyl (C=O) groups is 1. The number of benzene rings is 1. The number of aliphatic hydroxyl groups is 4. The highest BCUT2D eigenvalue weighted by Crippen LogP contribution is 2.20. The molecule has 2 rings (SSSR count). The number of hydrogen-bond donors (Lipinski definition) is 4. The Morgan fingerprint density at radius 1 is 1.05 bits per heavy atom. The lowest BCUT2D eigenvalue weighted by atomic mass is 9.99. The van der Waals surface area contributed by atoms with Crippen molar-refractivity contribution in [3.8, 4) is 0 Å². The highest BCUT2D eigenvalue weighted by Gasteiger charge is 2.43. The molecule has 0 amide bonds. The van der Waals surface area contributed by atoms with Crippen LogP contribution in [0.4, 0.5) is 0 Å². The second-order valence-electron chi connectivity index (χ2n) is 4.50. The third kappa shape index (κ3) is 3.14. The van der Waals surface area contributed by atoms with Gasteiger partial charge in [-0.05, 0) is 12.1 Å². The van der Waals surface area contributed by atoms with Crippen molar-refractivity contribution in [2.24, 2.45) is 0 Å². The Kier molecular flexibility index (Phi) is 4.69. The van der Waals surface area contributed by atoms with Gasteiger partial charge < -0.3 is 29.9 Å². The first-order valence-electron chi connectivity index (χ1n) is 6.10. The van der Waals surface area contributed by atoms with Crippen molar-refractivity contribution in [1.82, 2.24) is 0 Å². The minimum Gasteiger partial charge on any atom is -0.459 e. The normalized spacial score (nSPS) is 33.7. The second kappa shape index (κ2) is 6.29. The van der Waals surface area contributed by atoms with Crippen molar-refractivity contribution in [2.75, 3.05) is 6.61 Å². The molecule has 0 aromatic heterocycles. The van der Waals surface area contributed by atoms with Gasteiger partial charge in [-0.1, -0.05) is 18.2 Å². The average Bonchev–Trinajstić information content (AvgIpc) is 2.48. The lowest BCUT2D eigenvalue weighted by molar-refractivity contribution is -0.286. The van der Waals surface area contributed by atoms with Crippen LogP contribution in [0, 0.1) is 0 Å². The summed E-state index contributed by atoms with van der Waals surface area (Å²) < 4.78 is 9.83. The number of carbonyl (C=O) groups excluding carboxylic acids is 1. The van der Waals surface area contributed by atoms with Crippen LogP contribution >= 0.6 is 0 Å². The fourth-order valence-electron chi connectivity index (χ4n) is 1.88. The highest BCUT2D eigenvalue weighted by atomic mass is 16.6. The van der Waals surface area contributed by atoms with Crippen molar-refractivity contribution < 1.29 is 34.7 Å². The zero-order valence-electron chi connectivity index (χ0n) is 10.5. The van der Waals surface area contributed by atoms with Gasteiger partial charge in [-0.25, -0.2) is 4.79 Å². The van der Waals surface area contributed by atoms with Gasteiger partial charge in [0.25, 0.3) is 0 Å². The zero-order valence-corrected chi connectivity index (χ0v) is 10.5. The molecule has 0 aliphatic carbocycles. The van der Waals surface area contributed by atoms with Gasteiger partial charge in [0.1, 0.15) is 31.0 Å². The summed E-state index contributed by atoms with van der Waals surface area (Å²) in [7, 11) is 0. The molecule has 4 N–H and O–H groups in total. The van der Waals surface area contributed by atoms with Gasteiger partial charge in [0.05, 0.1) is 5.56 Å². The lowest BCUT2D eigenvalue weighted by Crippen LogP contribution is -2.58. The van der Waals surface area contributed by atoms with Gasteiger partial charge in [0.2, 0.25) is 0 Å². The Bertz CT molecular complexity index is 449. The van der Waals surface area contributed by atoms with Crippen LogP contribution in [0.1, 0.15) is 10.4 Å². The Hall–Kier alpha value is -1.51. The van der Waals surface area contributed by atoms with Crippen LogP contribution in [0.5, 0.6) is 0 Å². The molecule has 7 heteroatoms. The van der Waals surface area contributed by atoms with Gasteiger partial charge in [-0.15, -0.1) is 0 Å². The predicted octanol–water partition coefficient (Wildman–Crippen LogP) is -1.36. The van der Waals surface area contributed by atoms with Crippen molar-refractivity contribution >= 4 is 5.97 Å². The molecule has 0 radical (unpaired) electrons. The van der Waals surface area contributed by atoms with Crippen molar-refractivity contribution in [2.45, 2.75) is 30.7 Å². The standard InChI is InChI=1S/C13H16O7/c14-9-8(20-13(18)11(16)10(9)15)6-19-12(17)7-4-2-1-3-5-7/h1-5,8-11,13-16,18H,6H2/t8-,9+,10+,11-,13-/m1/s1. The number of hydrogen-bond acceptors (Lipinski definition) is 7. The number of rotatable bonds is 3. The molecule has 1 aromatic rings. The summed E-state index contributed by atoms with van der Waals surface area (Å²) in [6.07, 6.45) is -7.40. The molecule has 0 unspecified atom stereocenters. The van der Waals surface area contributed by atoms with E-state index >= 15 is 0 Å². The van der Waals surface area contributed by atoms with E-state index in [1.165, 1.54) is 0 Å². The van der Waals surface area contributed by atoms with Gasteiger partial charge in [0.15, 0.2) is 6.29 Å². The fraction of sp³-hybridized carbons (Fsp3) is 0.462. The molecule has 0 saturated carbocycles. The first kappa shape index (κ1) is 14.9. The summed E-state index contributed by atoms with van der Waals surface area (Å²) in [4.78, 5) is 11.7. The van der Waals surface area contributed by atoms with Gasteiger partial charge in [-0.3, -0.25) is 0 Å². The van der Waals surface area contributed by atoms with Crippen molar-refractivity contribution in [3.63, 3.8) is 0 Å². The number of aliphatic hydroxyl groups excluding tert-OH is 4. The number of ether oxygens (including phenoxy) is 2. The minimum atomic E-state index is -1.64. The Morgan fingerprint density at radius 3 is 2.35 bits per heavy atom. The molecule has 1 aliphatic heterocycles. The number of esters is 1. The van der Waals surface area contributed by atoms with E-state index in [4.69, 9.17) is 9.47 Å². The summed E-state index contributed by atoms with van der Waals surface area (Å²) in [6, 6.07) is 8.22. The summed E-state index contributed by atoms with van der Waals surface area (Å²) in [5.41, 5.74) is 0.332. The summed E-state index contributed by atoms with van der Waals surface area (Å²) in [5.74, 6) is -0.614. The average molecular weight is 284 g/mol. The Labute approximate surface area is 115 Å². The summed E-state index contributed by atoms with van der Waals surface area (Å²) in [6.45, 7) is -0.351. The van der Waals surface area contributed by atoms with E-state index in [-0.39, 0.29) is 6.61 Å². The van der Waals surface area contributed by atoms with E-state index in [1.54, 1.807) is 30.3 Å². The topological polar surface area (TPSA) is 116 Å². The van der Waals surface area contributed by atoms with Crippen LogP contribution in [0.25, 0.3) is 0 Å². The van der Waals surface area contributed by atoms with E-state index in [1.807, 2.05) is 0 Å². The molecule has 1 aromatic carbocycles. The molecular formula is C13H16O7. The maximum atomic E-state index is 11.7. The quantitative estimate of drug-likeness (QED) is 0.507. The van der Waals surface area contributed by atoms with Crippen LogP contribution in [0.3, 0.4) is 0 Å². The molecule has 110 valence electrons. The molecule has 1 heterocycles. The molecule has 1 fully saturated rings. The van der Waals surface area contributed by atoms with Crippen LogP contribution in [0.15, 0.2) is 30.3 Å². The second-order valence-corrected chi connectivity index (χ2v) is 4.50. The molecule has 7 nitrogen and oxygen atoms in total. The Morgan fingerprint density at radius 2 is 1.70 bits per heavy atom. The zero-order chi connectivity index (χ0) is 14.7. The maximum absolute atomic E-state index is 11.7. The van der Waals surface area contributed by atoms with E-state index < -0.39 is 36.7 Å². The van der Waals surface area contributed by atoms with Crippen LogP contribution in [-0.2, 0) is 9.47 Å². The van der Waals surface area contributed by atoms with Crippen molar-refractivity contribution in [1.29, 1.82) is 0 Å². The third-order valence-electron chi connectivity index (χ3n) is 3.08. The molecule has 0 bridgehead atoms. The molecule has 0 spiro atoms. The largest absolute Gasteiger partial charge is 0.459 e. The maximum Gasteiger partial charge on any atom is 0.338 e. The first-order valence-corrected chi connectivity index (χ1v) is 6.10. The predicted molar refractivity (Wildman–Crippen MR) is 65.6 cm³/mol. The van der Waals surface area contributed by atoms with Crippen molar-refractivity contribution in [3.05, 3.63) is 35.9 Å².